The van der Waals surface area contributed by atoms with Crippen molar-refractivity contribution >= 4 is 0 Å². The van der Waals surface area contributed by atoms with Gasteiger partial charge in [0.05, 0.1) is 0 Å². The molecule has 0 radical (unpaired) electrons. The van der Waals surface area contributed by atoms with Gasteiger partial charge in [0.2, 0.25) is 0 Å². The highest BCUT2D eigenvalue weighted by Gasteiger charge is 2.35. The van der Waals surface area contributed by atoms with Gasteiger partial charge in [-0.3, -0.25) is 0 Å². The topological polar surface area (TPSA) is 0 Å². The van der Waals surface area contributed by atoms with Crippen LogP contribution in [0.5, 0.6) is 0 Å². The highest BCUT2D eigenvalue weighted by Crippen LogP contribution is 2.44. The Balaban J connectivity index is 4.90. The Morgan fingerprint density at radius 2 is 1.17 bits per heavy atom. The smallest absolute Gasteiger partial charge is 0.0311 e. The third-order valence-electron chi connectivity index (χ3n) is 5.87. The van der Waals surface area contributed by atoms with Crippen molar-refractivity contribution in [2.24, 2.45) is 29.1 Å². The van der Waals surface area contributed by atoms with E-state index in [1.807, 2.05) is 0 Å². The molecular weight excluding hydrogens is 276 g/mol. The van der Waals surface area contributed by atoms with Crippen LogP contribution < -0.4 is 0 Å². The van der Waals surface area contributed by atoms with E-state index in [9.17, 15) is 0 Å². The first kappa shape index (κ1) is 23.0. The Morgan fingerprint density at radius 3 is 1.57 bits per heavy atom. The van der Waals surface area contributed by atoms with Crippen molar-refractivity contribution in [1.82, 2.24) is 0 Å². The Bertz CT molecular complexity index is 252. The van der Waals surface area contributed by atoms with Gasteiger partial charge in [0.25, 0.3) is 0 Å². The predicted octanol–water partition coefficient (Wildman–Crippen LogP) is 8.50. The van der Waals surface area contributed by atoms with Crippen LogP contribution in [0.1, 0.15) is 120 Å². The van der Waals surface area contributed by atoms with Gasteiger partial charge >= 0.3 is 0 Å². The normalized spacial score (nSPS) is 16.6. The van der Waals surface area contributed by atoms with Gasteiger partial charge in [-0.05, 0) is 29.1 Å². The molecule has 0 saturated carbocycles. The Labute approximate surface area is 149 Å². The first-order valence-electron chi connectivity index (χ1n) is 10.8. The standard InChI is InChI=1S/C23H48/c1-9-12-15-21(16-13-10-2)22(23(6,7)8)20(5)18-17-19(4)14-11-3/h19-22H,9-18H2,1-8H3. The van der Waals surface area contributed by atoms with Crippen LogP contribution in [0.4, 0.5) is 0 Å². The van der Waals surface area contributed by atoms with Crippen molar-refractivity contribution in [1.29, 1.82) is 0 Å². The summed E-state index contributed by atoms with van der Waals surface area (Å²) in [5.41, 5.74) is 0.444. The lowest BCUT2D eigenvalue weighted by Crippen LogP contribution is -2.34. The molecule has 0 aliphatic carbocycles. The van der Waals surface area contributed by atoms with E-state index in [0.29, 0.717) is 5.41 Å². The molecule has 0 saturated heterocycles. The van der Waals surface area contributed by atoms with Crippen molar-refractivity contribution in [2.45, 2.75) is 120 Å². The lowest BCUT2D eigenvalue weighted by Gasteiger charge is -2.42. The Morgan fingerprint density at radius 1 is 0.652 bits per heavy atom. The van der Waals surface area contributed by atoms with E-state index in [2.05, 4.69) is 55.4 Å². The van der Waals surface area contributed by atoms with Crippen molar-refractivity contribution in [2.75, 3.05) is 0 Å². The summed E-state index contributed by atoms with van der Waals surface area (Å²) in [6.07, 6.45) is 14.0. The molecule has 0 aromatic rings. The van der Waals surface area contributed by atoms with Gasteiger partial charge in [0.1, 0.15) is 0 Å². The summed E-state index contributed by atoms with van der Waals surface area (Å²) in [7, 11) is 0. The van der Waals surface area contributed by atoms with E-state index in [-0.39, 0.29) is 0 Å². The number of rotatable bonds is 13. The third kappa shape index (κ3) is 9.78. The zero-order chi connectivity index (χ0) is 17.9. The fourth-order valence-electron chi connectivity index (χ4n) is 4.83. The number of unbranched alkanes of at least 4 members (excludes halogenated alkanes) is 2. The van der Waals surface area contributed by atoms with Crippen LogP contribution in [0, 0.1) is 29.1 Å². The zero-order valence-electron chi connectivity index (χ0n) is 17.9. The number of hydrogen-bond donors (Lipinski definition) is 0. The largest absolute Gasteiger partial charge is 0.0654 e. The molecule has 0 heterocycles. The molecule has 0 spiro atoms. The molecule has 0 nitrogen and oxygen atoms in total. The van der Waals surface area contributed by atoms with Crippen LogP contribution in [0.2, 0.25) is 0 Å². The summed E-state index contributed by atoms with van der Waals surface area (Å²) in [6.45, 7) is 19.5. The van der Waals surface area contributed by atoms with Crippen molar-refractivity contribution in [3.05, 3.63) is 0 Å². The van der Waals surface area contributed by atoms with E-state index in [1.165, 1.54) is 64.2 Å². The summed E-state index contributed by atoms with van der Waals surface area (Å²) in [5, 5.41) is 0. The zero-order valence-corrected chi connectivity index (χ0v) is 17.9. The summed E-state index contributed by atoms with van der Waals surface area (Å²) in [5.74, 6) is 3.60. The summed E-state index contributed by atoms with van der Waals surface area (Å²) < 4.78 is 0. The van der Waals surface area contributed by atoms with Crippen LogP contribution in [0.25, 0.3) is 0 Å². The van der Waals surface area contributed by atoms with E-state index < -0.39 is 0 Å². The molecule has 140 valence electrons. The molecule has 3 atom stereocenters. The van der Waals surface area contributed by atoms with Gasteiger partial charge in [-0.1, -0.05) is 120 Å². The molecule has 3 unspecified atom stereocenters. The van der Waals surface area contributed by atoms with Gasteiger partial charge in [-0.2, -0.15) is 0 Å². The summed E-state index contributed by atoms with van der Waals surface area (Å²) >= 11 is 0. The summed E-state index contributed by atoms with van der Waals surface area (Å²) in [6, 6.07) is 0. The minimum atomic E-state index is 0.444. The van der Waals surface area contributed by atoms with Crippen LogP contribution >= 0.6 is 0 Å². The van der Waals surface area contributed by atoms with Crippen molar-refractivity contribution in [3.63, 3.8) is 0 Å². The van der Waals surface area contributed by atoms with Crippen molar-refractivity contribution < 1.29 is 0 Å². The predicted molar refractivity (Wildman–Crippen MR) is 108 cm³/mol. The molecule has 0 aliphatic heterocycles. The Hall–Kier alpha value is 0. The molecule has 0 fully saturated rings. The maximum Gasteiger partial charge on any atom is -0.0311 e. The maximum atomic E-state index is 2.56. The highest BCUT2D eigenvalue weighted by atomic mass is 14.4. The average molecular weight is 325 g/mol. The molecule has 0 amide bonds. The first-order chi connectivity index (χ1) is 10.8. The first-order valence-corrected chi connectivity index (χ1v) is 10.8. The second-order valence-electron chi connectivity index (χ2n) is 9.38. The SMILES string of the molecule is CCCCC(CCCC)C(C(C)CCC(C)CCC)C(C)(C)C. The quantitative estimate of drug-likeness (QED) is 0.318. The number of hydrogen-bond acceptors (Lipinski definition) is 0. The second kappa shape index (κ2) is 12.4. The third-order valence-corrected chi connectivity index (χ3v) is 5.87. The Kier molecular flexibility index (Phi) is 12.4. The molecule has 0 aromatic carbocycles. The minimum Gasteiger partial charge on any atom is -0.0654 e. The molecule has 0 bridgehead atoms. The van der Waals surface area contributed by atoms with E-state index in [1.54, 1.807) is 0 Å². The second-order valence-corrected chi connectivity index (χ2v) is 9.38. The minimum absolute atomic E-state index is 0.444. The van der Waals surface area contributed by atoms with E-state index in [0.717, 1.165) is 23.7 Å². The van der Waals surface area contributed by atoms with Gasteiger partial charge < -0.3 is 0 Å². The molecule has 0 heteroatoms. The van der Waals surface area contributed by atoms with Crippen molar-refractivity contribution in [3.8, 4) is 0 Å². The van der Waals surface area contributed by atoms with Crippen LogP contribution in [0.3, 0.4) is 0 Å². The fraction of sp³-hybridized carbons (Fsp3) is 1.00. The molecule has 0 aliphatic rings. The molecule has 0 aromatic heterocycles. The lowest BCUT2D eigenvalue weighted by atomic mass is 9.63. The van der Waals surface area contributed by atoms with Gasteiger partial charge in [0.15, 0.2) is 0 Å². The molecule has 0 rings (SSSR count). The van der Waals surface area contributed by atoms with E-state index >= 15 is 0 Å². The lowest BCUT2D eigenvalue weighted by molar-refractivity contribution is 0.0747. The summed E-state index contributed by atoms with van der Waals surface area (Å²) in [4.78, 5) is 0. The monoisotopic (exact) mass is 324 g/mol. The van der Waals surface area contributed by atoms with Crippen LogP contribution in [0.15, 0.2) is 0 Å². The molecule has 23 heavy (non-hydrogen) atoms. The highest BCUT2D eigenvalue weighted by molar-refractivity contribution is 4.84. The van der Waals surface area contributed by atoms with Crippen LogP contribution in [-0.2, 0) is 0 Å². The van der Waals surface area contributed by atoms with Gasteiger partial charge in [-0.25, -0.2) is 0 Å². The van der Waals surface area contributed by atoms with E-state index in [4.69, 9.17) is 0 Å². The maximum absolute atomic E-state index is 2.56. The average Bonchev–Trinajstić information content (AvgIpc) is 2.46. The van der Waals surface area contributed by atoms with Gasteiger partial charge in [0, 0.05) is 0 Å². The molecular formula is C23H48. The van der Waals surface area contributed by atoms with Gasteiger partial charge in [-0.15, -0.1) is 0 Å². The fourth-order valence-corrected chi connectivity index (χ4v) is 4.83. The molecule has 0 N–H and O–H groups in total. The van der Waals surface area contributed by atoms with Crippen LogP contribution in [-0.4, -0.2) is 0 Å².